The fourth-order valence-corrected chi connectivity index (χ4v) is 4.11. The molecular weight excluding hydrogens is 358 g/mol. The number of nitrogens with zero attached hydrogens (tertiary/aromatic N) is 3. The molecule has 0 N–H and O–H groups in total. The van der Waals surface area contributed by atoms with Gasteiger partial charge in [-0.1, -0.05) is 22.9 Å². The Morgan fingerprint density at radius 1 is 1.16 bits per heavy atom. The minimum absolute atomic E-state index is 0.0589. The van der Waals surface area contributed by atoms with Gasteiger partial charge < -0.3 is 9.32 Å². The summed E-state index contributed by atoms with van der Waals surface area (Å²) >= 11 is 7.46. The van der Waals surface area contributed by atoms with Gasteiger partial charge in [0.25, 0.3) is 5.91 Å². The molecule has 1 aliphatic heterocycles. The minimum Gasteiger partial charge on any atom is -0.462 e. The maximum Gasteiger partial charge on any atom is 0.253 e. The molecule has 25 heavy (non-hydrogen) atoms. The number of aromatic nitrogens is 2. The Bertz CT molecular complexity index is 853. The van der Waals surface area contributed by atoms with Crippen molar-refractivity contribution in [2.75, 3.05) is 13.1 Å². The van der Waals surface area contributed by atoms with Crippen LogP contribution in [0.5, 0.6) is 0 Å². The van der Waals surface area contributed by atoms with Crippen LogP contribution < -0.4 is 0 Å². The molecule has 4 rings (SSSR count). The first kappa shape index (κ1) is 16.3. The Balaban J connectivity index is 1.40. The highest BCUT2D eigenvalue weighted by Gasteiger charge is 2.27. The van der Waals surface area contributed by atoms with Gasteiger partial charge in [0.05, 0.1) is 6.26 Å². The van der Waals surface area contributed by atoms with E-state index in [2.05, 4.69) is 10.2 Å². The van der Waals surface area contributed by atoms with Crippen LogP contribution in [0.3, 0.4) is 0 Å². The molecule has 0 unspecified atom stereocenters. The van der Waals surface area contributed by atoms with Crippen LogP contribution in [0.15, 0.2) is 47.1 Å². The van der Waals surface area contributed by atoms with Crippen molar-refractivity contribution < 1.29 is 9.21 Å². The quantitative estimate of drug-likeness (QED) is 0.679. The molecule has 0 spiro atoms. The minimum atomic E-state index is 0.0589. The van der Waals surface area contributed by atoms with E-state index < -0.39 is 0 Å². The molecule has 0 atom stereocenters. The van der Waals surface area contributed by atoms with Crippen LogP contribution in [-0.2, 0) is 0 Å². The molecule has 1 saturated heterocycles. The van der Waals surface area contributed by atoms with Crippen LogP contribution in [-0.4, -0.2) is 34.1 Å². The van der Waals surface area contributed by atoms with Crippen LogP contribution in [0.25, 0.3) is 10.8 Å². The Hall–Kier alpha value is -2.18. The molecule has 0 bridgehead atoms. The molecule has 1 aromatic carbocycles. The first-order chi connectivity index (χ1) is 12.2. The molecule has 128 valence electrons. The summed E-state index contributed by atoms with van der Waals surface area (Å²) in [5.74, 6) is 1.15. The van der Waals surface area contributed by atoms with E-state index in [0.29, 0.717) is 16.5 Å². The highest BCUT2D eigenvalue weighted by atomic mass is 35.5. The maximum absolute atomic E-state index is 12.6. The van der Waals surface area contributed by atoms with E-state index in [1.54, 1.807) is 41.9 Å². The van der Waals surface area contributed by atoms with E-state index in [9.17, 15) is 4.79 Å². The Morgan fingerprint density at radius 2 is 1.92 bits per heavy atom. The van der Waals surface area contributed by atoms with E-state index in [4.69, 9.17) is 16.0 Å². The lowest BCUT2D eigenvalue weighted by molar-refractivity contribution is 0.0713. The van der Waals surface area contributed by atoms with Crippen molar-refractivity contribution in [2.45, 2.75) is 18.8 Å². The third-order valence-corrected chi connectivity index (χ3v) is 5.75. The molecule has 0 aliphatic carbocycles. The molecule has 1 aliphatic rings. The number of amides is 1. The van der Waals surface area contributed by atoms with Gasteiger partial charge in [0.15, 0.2) is 10.8 Å². The largest absolute Gasteiger partial charge is 0.462 e. The fraction of sp³-hybridized carbons (Fsp3) is 0.278. The molecule has 0 saturated carbocycles. The zero-order chi connectivity index (χ0) is 17.2. The Labute approximate surface area is 154 Å². The van der Waals surface area contributed by atoms with Crippen molar-refractivity contribution in [3.05, 3.63) is 58.3 Å². The topological polar surface area (TPSA) is 59.2 Å². The first-order valence-corrected chi connectivity index (χ1v) is 9.32. The third-order valence-electron chi connectivity index (χ3n) is 4.40. The van der Waals surface area contributed by atoms with Gasteiger partial charge in [-0.3, -0.25) is 4.79 Å². The average molecular weight is 374 g/mol. The van der Waals surface area contributed by atoms with Crippen LogP contribution in [0.2, 0.25) is 5.02 Å². The summed E-state index contributed by atoms with van der Waals surface area (Å²) in [6, 6.07) is 10.8. The monoisotopic (exact) mass is 373 g/mol. The first-order valence-electron chi connectivity index (χ1n) is 8.13. The lowest BCUT2D eigenvalue weighted by Gasteiger charge is -2.31. The molecule has 0 radical (unpaired) electrons. The third kappa shape index (κ3) is 3.45. The van der Waals surface area contributed by atoms with Gasteiger partial charge in [0.2, 0.25) is 0 Å². The standard InChI is InChI=1S/C18H16ClN3O2S/c19-14-5-3-13(4-6-14)18(23)22-9-7-12(8-10-22)16-20-21-17(25-16)15-2-1-11-24-15/h1-6,11-12H,7-10H2. The number of halogens is 1. The molecule has 1 fully saturated rings. The predicted molar refractivity (Wildman–Crippen MR) is 96.9 cm³/mol. The molecule has 5 nitrogen and oxygen atoms in total. The van der Waals surface area contributed by atoms with Crippen molar-refractivity contribution in [1.82, 2.24) is 15.1 Å². The normalized spacial score (nSPS) is 15.5. The summed E-state index contributed by atoms with van der Waals surface area (Å²) in [6.45, 7) is 1.45. The van der Waals surface area contributed by atoms with Crippen molar-refractivity contribution in [2.24, 2.45) is 0 Å². The van der Waals surface area contributed by atoms with Crippen LogP contribution >= 0.6 is 22.9 Å². The zero-order valence-corrected chi connectivity index (χ0v) is 15.0. The lowest BCUT2D eigenvalue weighted by atomic mass is 9.97. The summed E-state index contributed by atoms with van der Waals surface area (Å²) in [6.07, 6.45) is 3.43. The molecule has 3 aromatic rings. The molecule has 1 amide bonds. The van der Waals surface area contributed by atoms with Gasteiger partial charge in [0, 0.05) is 29.6 Å². The number of carbonyl (C=O) groups is 1. The van der Waals surface area contributed by atoms with Crippen molar-refractivity contribution in [3.63, 3.8) is 0 Å². The van der Waals surface area contributed by atoms with Crippen LogP contribution in [0, 0.1) is 0 Å². The van der Waals surface area contributed by atoms with E-state index >= 15 is 0 Å². The van der Waals surface area contributed by atoms with E-state index in [1.165, 1.54) is 0 Å². The number of benzene rings is 1. The number of furan rings is 1. The van der Waals surface area contributed by atoms with Crippen molar-refractivity contribution in [1.29, 1.82) is 0 Å². The Kier molecular flexibility index (Phi) is 4.55. The summed E-state index contributed by atoms with van der Waals surface area (Å²) < 4.78 is 5.37. The summed E-state index contributed by atoms with van der Waals surface area (Å²) in [5, 5.41) is 11.0. The number of rotatable bonds is 3. The lowest BCUT2D eigenvalue weighted by Crippen LogP contribution is -2.37. The molecular formula is C18H16ClN3O2S. The number of carbonyl (C=O) groups excluding carboxylic acids is 1. The average Bonchev–Trinajstić information content (AvgIpc) is 3.33. The van der Waals surface area contributed by atoms with E-state index in [0.717, 1.165) is 41.7 Å². The van der Waals surface area contributed by atoms with Crippen molar-refractivity contribution >= 4 is 28.8 Å². The van der Waals surface area contributed by atoms with Gasteiger partial charge in [0.1, 0.15) is 5.01 Å². The van der Waals surface area contributed by atoms with Gasteiger partial charge >= 0.3 is 0 Å². The van der Waals surface area contributed by atoms with Gasteiger partial charge in [-0.05, 0) is 49.2 Å². The Morgan fingerprint density at radius 3 is 2.60 bits per heavy atom. The van der Waals surface area contributed by atoms with Crippen LogP contribution in [0.1, 0.15) is 34.1 Å². The molecule has 7 heteroatoms. The number of piperidine rings is 1. The SMILES string of the molecule is O=C(c1ccc(Cl)cc1)N1CCC(c2nnc(-c3ccco3)s2)CC1. The van der Waals surface area contributed by atoms with Crippen molar-refractivity contribution in [3.8, 4) is 10.8 Å². The number of likely N-dealkylation sites (tertiary alicyclic amines) is 1. The highest BCUT2D eigenvalue weighted by molar-refractivity contribution is 7.14. The molecule has 3 heterocycles. The summed E-state index contributed by atoms with van der Waals surface area (Å²) in [5.41, 5.74) is 0.680. The second kappa shape index (κ2) is 6.98. The number of hydrogen-bond acceptors (Lipinski definition) is 5. The summed E-state index contributed by atoms with van der Waals surface area (Å²) in [4.78, 5) is 14.5. The van der Waals surface area contributed by atoms with E-state index in [-0.39, 0.29) is 5.91 Å². The van der Waals surface area contributed by atoms with Gasteiger partial charge in [-0.25, -0.2) is 0 Å². The van der Waals surface area contributed by atoms with E-state index in [1.807, 2.05) is 17.0 Å². The highest BCUT2D eigenvalue weighted by Crippen LogP contribution is 2.33. The number of hydrogen-bond donors (Lipinski definition) is 0. The van der Waals surface area contributed by atoms with Gasteiger partial charge in [-0.15, -0.1) is 10.2 Å². The second-order valence-corrected chi connectivity index (χ2v) is 7.44. The molecule has 2 aromatic heterocycles. The smallest absolute Gasteiger partial charge is 0.253 e. The van der Waals surface area contributed by atoms with Crippen LogP contribution in [0.4, 0.5) is 0 Å². The summed E-state index contributed by atoms with van der Waals surface area (Å²) in [7, 11) is 0. The predicted octanol–water partition coefficient (Wildman–Crippen LogP) is 4.47. The second-order valence-electron chi connectivity index (χ2n) is 6.00. The zero-order valence-electron chi connectivity index (χ0n) is 13.4. The maximum atomic E-state index is 12.6. The fourth-order valence-electron chi connectivity index (χ4n) is 3.00. The van der Waals surface area contributed by atoms with Gasteiger partial charge in [-0.2, -0.15) is 0 Å².